The molecule has 2 N–H and O–H groups in total. The molecule has 3 rings (SSSR count). The molecule has 33 heavy (non-hydrogen) atoms. The van der Waals surface area contributed by atoms with Crippen molar-refractivity contribution in [2.75, 3.05) is 0 Å². The fraction of sp³-hybridized carbons (Fsp3) is 0.517. The van der Waals surface area contributed by atoms with Gasteiger partial charge in [-0.1, -0.05) is 88.2 Å². The van der Waals surface area contributed by atoms with Crippen molar-refractivity contribution in [1.29, 1.82) is 0 Å². The summed E-state index contributed by atoms with van der Waals surface area (Å²) in [5, 5.41) is 21.7. The van der Waals surface area contributed by atoms with E-state index in [0.29, 0.717) is 6.42 Å². The first-order chi connectivity index (χ1) is 15.2. The molecule has 1 aliphatic carbocycles. The van der Waals surface area contributed by atoms with E-state index in [1.165, 1.54) is 0 Å². The Hall–Kier alpha value is -0.866. The van der Waals surface area contributed by atoms with Gasteiger partial charge in [0.15, 0.2) is 0 Å². The zero-order valence-corrected chi connectivity index (χ0v) is 23.5. The van der Waals surface area contributed by atoms with Gasteiger partial charge in [0.1, 0.15) is 5.78 Å². The summed E-state index contributed by atoms with van der Waals surface area (Å²) in [7, 11) is 0. The van der Waals surface area contributed by atoms with E-state index in [1.807, 2.05) is 32.9 Å². The summed E-state index contributed by atoms with van der Waals surface area (Å²) in [5.41, 5.74) is 3.97. The zero-order valence-electron chi connectivity index (χ0n) is 20.6. The Balaban J connectivity index is 0.00000385. The van der Waals surface area contributed by atoms with Gasteiger partial charge in [-0.3, -0.25) is 4.79 Å². The number of hydrogen-bond acceptors (Lipinski definition) is 3. The number of carbonyl (C=O) groups excluding carboxylic acids is 1. The van der Waals surface area contributed by atoms with Crippen LogP contribution in [0.1, 0.15) is 81.2 Å². The Kier molecular flexibility index (Phi) is 10.5. The Morgan fingerprint density at radius 3 is 2.30 bits per heavy atom. The molecule has 0 aromatic heterocycles. The van der Waals surface area contributed by atoms with Crippen molar-refractivity contribution in [2.45, 2.75) is 77.9 Å². The molecule has 177 valence electrons. The van der Waals surface area contributed by atoms with Gasteiger partial charge in [0.25, 0.3) is 0 Å². The molecular formula is C29H39O3Y-. The minimum absolute atomic E-state index is 0. The largest absolute Gasteiger partial charge is 0.392 e. The Labute approximate surface area is 225 Å². The molecule has 3 unspecified atom stereocenters. The van der Waals surface area contributed by atoms with Crippen molar-refractivity contribution in [1.82, 2.24) is 0 Å². The number of hydrogen-bond donors (Lipinski definition) is 2. The molecule has 1 radical (unpaired) electrons. The van der Waals surface area contributed by atoms with E-state index >= 15 is 0 Å². The predicted molar refractivity (Wildman–Crippen MR) is 130 cm³/mol. The van der Waals surface area contributed by atoms with Crippen LogP contribution >= 0.6 is 0 Å². The number of carbonyl (C=O) groups is 1. The average Bonchev–Trinajstić information content (AvgIpc) is 3.02. The van der Waals surface area contributed by atoms with Crippen molar-refractivity contribution >= 4 is 5.78 Å². The van der Waals surface area contributed by atoms with Gasteiger partial charge in [-0.2, -0.15) is 6.42 Å². The van der Waals surface area contributed by atoms with Crippen LogP contribution in [-0.4, -0.2) is 22.1 Å². The van der Waals surface area contributed by atoms with Crippen molar-refractivity contribution in [3.63, 3.8) is 0 Å². The monoisotopic (exact) mass is 524 g/mol. The van der Waals surface area contributed by atoms with Crippen LogP contribution in [0.5, 0.6) is 0 Å². The molecule has 2 aromatic carbocycles. The number of Topliss-reactive ketones (excluding diaryl/α,β-unsaturated/α-hetero) is 1. The second-order valence-corrected chi connectivity index (χ2v) is 10.4. The van der Waals surface area contributed by atoms with Crippen molar-refractivity contribution < 1.29 is 47.7 Å². The normalized spacial score (nSPS) is 23.9. The predicted octanol–water partition coefficient (Wildman–Crippen LogP) is 5.83. The fourth-order valence-corrected chi connectivity index (χ4v) is 5.34. The third kappa shape index (κ3) is 6.63. The second kappa shape index (κ2) is 12.2. The van der Waals surface area contributed by atoms with E-state index in [2.05, 4.69) is 50.2 Å². The molecule has 0 spiro atoms. The maximum absolute atomic E-state index is 13.5. The molecule has 2 aromatic rings. The number of rotatable bonds is 8. The minimum atomic E-state index is -0.684. The molecule has 3 nitrogen and oxygen atoms in total. The molecule has 4 heteroatoms. The van der Waals surface area contributed by atoms with Gasteiger partial charge in [-0.05, 0) is 41.4 Å². The van der Waals surface area contributed by atoms with Gasteiger partial charge in [-0.15, -0.1) is 0 Å². The van der Waals surface area contributed by atoms with Gasteiger partial charge in [0, 0.05) is 50.5 Å². The number of aliphatic hydroxyl groups excluding tert-OH is 2. The third-order valence-electron chi connectivity index (χ3n) is 7.04. The van der Waals surface area contributed by atoms with Crippen LogP contribution in [0, 0.1) is 24.2 Å². The van der Waals surface area contributed by atoms with E-state index in [4.69, 9.17) is 0 Å². The number of ketones is 1. The third-order valence-corrected chi connectivity index (χ3v) is 7.04. The maximum Gasteiger partial charge on any atom is 0.142 e. The van der Waals surface area contributed by atoms with Crippen LogP contribution in [0.15, 0.2) is 48.5 Å². The molecule has 0 saturated heterocycles. The van der Waals surface area contributed by atoms with E-state index in [1.54, 1.807) is 0 Å². The van der Waals surface area contributed by atoms with Crippen LogP contribution < -0.4 is 0 Å². The van der Waals surface area contributed by atoms with E-state index in [-0.39, 0.29) is 61.7 Å². The summed E-state index contributed by atoms with van der Waals surface area (Å²) >= 11 is 0. The molecule has 0 heterocycles. The molecular weight excluding hydrogens is 485 g/mol. The minimum Gasteiger partial charge on any atom is -0.392 e. The van der Waals surface area contributed by atoms with Crippen LogP contribution in [0.4, 0.5) is 0 Å². The summed E-state index contributed by atoms with van der Waals surface area (Å²) in [6.45, 7) is 12.1. The second-order valence-electron chi connectivity index (χ2n) is 10.4. The van der Waals surface area contributed by atoms with Crippen LogP contribution in [0.2, 0.25) is 0 Å². The van der Waals surface area contributed by atoms with Gasteiger partial charge in [0.2, 0.25) is 0 Å². The summed E-state index contributed by atoms with van der Waals surface area (Å²) < 4.78 is 0. The van der Waals surface area contributed by atoms with Crippen LogP contribution in [0.25, 0.3) is 0 Å². The van der Waals surface area contributed by atoms with E-state index < -0.39 is 12.2 Å². The molecule has 1 aliphatic rings. The quantitative estimate of drug-likeness (QED) is 0.427. The summed E-state index contributed by atoms with van der Waals surface area (Å²) in [6, 6.07) is 16.3. The van der Waals surface area contributed by atoms with Gasteiger partial charge >= 0.3 is 0 Å². The van der Waals surface area contributed by atoms with Gasteiger partial charge in [0.05, 0.1) is 12.2 Å². The molecule has 0 aliphatic heterocycles. The van der Waals surface area contributed by atoms with Crippen molar-refractivity contribution in [2.24, 2.45) is 17.3 Å². The number of aryl methyl sites for hydroxylation is 1. The smallest absolute Gasteiger partial charge is 0.142 e. The van der Waals surface area contributed by atoms with Gasteiger partial charge < -0.3 is 17.1 Å². The summed E-state index contributed by atoms with van der Waals surface area (Å²) in [5.74, 6) is -0.607. The number of benzene rings is 2. The maximum atomic E-state index is 13.5. The van der Waals surface area contributed by atoms with Crippen LogP contribution in [0.3, 0.4) is 0 Å². The first kappa shape index (κ1) is 28.4. The Morgan fingerprint density at radius 1 is 1.06 bits per heavy atom. The van der Waals surface area contributed by atoms with E-state index in [9.17, 15) is 15.0 Å². The zero-order chi connectivity index (χ0) is 23.5. The summed E-state index contributed by atoms with van der Waals surface area (Å²) in [6.07, 6.45) is 2.71. The first-order valence-electron chi connectivity index (χ1n) is 12.0. The average molecular weight is 525 g/mol. The molecule has 0 bridgehead atoms. The Bertz CT molecular complexity index is 900. The van der Waals surface area contributed by atoms with E-state index in [0.717, 1.165) is 47.9 Å². The topological polar surface area (TPSA) is 57.5 Å². The molecule has 1 saturated carbocycles. The van der Waals surface area contributed by atoms with Gasteiger partial charge in [-0.25, -0.2) is 0 Å². The SMILES string of the molecule is [CH2-]Cc1ccc([C@H]2C(O)C(C(C)(C)C)C(=O)[C@@H]2CCc2cccc(C(O)CCC)c2)cc1.[Y]. The van der Waals surface area contributed by atoms with Crippen LogP contribution in [-0.2, 0) is 50.3 Å². The van der Waals surface area contributed by atoms with Crippen molar-refractivity contribution in [3.05, 3.63) is 77.7 Å². The fourth-order valence-electron chi connectivity index (χ4n) is 5.34. The molecule has 1 fully saturated rings. The first-order valence-corrected chi connectivity index (χ1v) is 12.0. The molecule has 0 amide bonds. The molecule has 5 atom stereocenters. The Morgan fingerprint density at radius 2 is 1.73 bits per heavy atom. The standard InChI is InChI=1S/C29H39O3.Y/c1-6-9-24(30)22-11-8-10-20(18-22)14-17-23-25(21-15-12-19(7-2)13-16-21)28(32)26(27(23)31)29(3,4)5;/h8,10-13,15-16,18,23-26,28,30,32H,2,6-7,9,14,17H2,1,3-5H3;/q-1;/t23-,24?,25-,26?,28?;/m1./s1. The number of aliphatic hydroxyl groups is 2. The summed E-state index contributed by atoms with van der Waals surface area (Å²) in [4.78, 5) is 13.5. The van der Waals surface area contributed by atoms with Crippen molar-refractivity contribution in [3.8, 4) is 0 Å².